The van der Waals surface area contributed by atoms with Gasteiger partial charge < -0.3 is 8.98 Å². The molecule has 0 spiro atoms. The van der Waals surface area contributed by atoms with E-state index in [0.717, 1.165) is 11.4 Å². The Morgan fingerprint density at radius 1 is 1.26 bits per heavy atom. The molecule has 27 heavy (non-hydrogen) atoms. The molecule has 2 heterocycles. The molecule has 0 aliphatic rings. The van der Waals surface area contributed by atoms with Crippen LogP contribution in [0.1, 0.15) is 27.5 Å². The number of aromatic nitrogens is 1. The number of furan rings is 1. The first-order chi connectivity index (χ1) is 12.9. The Bertz CT molecular complexity index is 1030. The van der Waals surface area contributed by atoms with Gasteiger partial charge in [0.05, 0.1) is 17.8 Å². The predicted molar refractivity (Wildman–Crippen MR) is 95.6 cm³/mol. The lowest BCUT2D eigenvalue weighted by Gasteiger charge is -2.09. The summed E-state index contributed by atoms with van der Waals surface area (Å²) in [6.07, 6.45) is 1.17. The van der Waals surface area contributed by atoms with Crippen LogP contribution in [0.4, 0.5) is 10.3 Å². The fourth-order valence-electron chi connectivity index (χ4n) is 2.70. The standard InChI is InChI=1S/C18H15FN4O4/c1-11-9-16(12(2)22(11)14-5-3-13(19)4-6-14)18(24)21-20-10-15-7-8-17(27-15)23(25)26/h3-10H,1-2H3,(H,21,24). The second-order valence-corrected chi connectivity index (χ2v) is 5.73. The summed E-state index contributed by atoms with van der Waals surface area (Å²) in [6, 6.07) is 10.2. The lowest BCUT2D eigenvalue weighted by molar-refractivity contribution is -0.402. The molecule has 0 radical (unpaired) electrons. The maximum atomic E-state index is 13.1. The van der Waals surface area contributed by atoms with E-state index in [4.69, 9.17) is 4.42 Å². The molecule has 0 fully saturated rings. The molecule has 9 heteroatoms. The number of nitro groups is 1. The molecule has 3 aromatic rings. The van der Waals surface area contributed by atoms with Gasteiger partial charge in [-0.05, 0) is 50.2 Å². The van der Waals surface area contributed by atoms with Crippen LogP contribution in [0.2, 0.25) is 0 Å². The van der Waals surface area contributed by atoms with Crippen LogP contribution in [-0.4, -0.2) is 21.6 Å². The molecule has 0 atom stereocenters. The van der Waals surface area contributed by atoms with Crippen LogP contribution in [0, 0.1) is 29.8 Å². The van der Waals surface area contributed by atoms with Gasteiger partial charge in [0.2, 0.25) is 0 Å². The second kappa shape index (κ2) is 7.24. The zero-order valence-corrected chi connectivity index (χ0v) is 14.5. The van der Waals surface area contributed by atoms with E-state index in [9.17, 15) is 19.3 Å². The van der Waals surface area contributed by atoms with Gasteiger partial charge in [0.25, 0.3) is 5.91 Å². The Morgan fingerprint density at radius 3 is 2.59 bits per heavy atom. The van der Waals surface area contributed by atoms with Gasteiger partial charge in [-0.25, -0.2) is 9.82 Å². The topological polar surface area (TPSA) is 103 Å². The molecule has 0 bridgehead atoms. The fraction of sp³-hybridized carbons (Fsp3) is 0.111. The highest BCUT2D eigenvalue weighted by molar-refractivity contribution is 5.96. The van der Waals surface area contributed by atoms with Crippen LogP contribution >= 0.6 is 0 Å². The van der Waals surface area contributed by atoms with Gasteiger partial charge in [-0.1, -0.05) is 0 Å². The van der Waals surface area contributed by atoms with Gasteiger partial charge in [0, 0.05) is 17.1 Å². The molecule has 0 aliphatic carbocycles. The van der Waals surface area contributed by atoms with Crippen LogP contribution in [0.15, 0.2) is 52.0 Å². The van der Waals surface area contributed by atoms with E-state index in [1.807, 2.05) is 11.5 Å². The molecular formula is C18H15FN4O4. The molecule has 3 rings (SSSR count). The van der Waals surface area contributed by atoms with Crippen LogP contribution in [-0.2, 0) is 0 Å². The number of nitrogens with one attached hydrogen (secondary N) is 1. The van der Waals surface area contributed by atoms with Crippen molar-refractivity contribution in [2.24, 2.45) is 5.10 Å². The number of benzene rings is 1. The number of carbonyl (C=O) groups excluding carboxylic acids is 1. The van der Waals surface area contributed by atoms with Gasteiger partial charge >= 0.3 is 5.88 Å². The molecule has 0 saturated heterocycles. The Labute approximate surface area is 153 Å². The minimum absolute atomic E-state index is 0.138. The average Bonchev–Trinajstić information content (AvgIpc) is 3.21. The van der Waals surface area contributed by atoms with Gasteiger partial charge in [-0.2, -0.15) is 5.10 Å². The smallest absolute Gasteiger partial charge is 0.400 e. The summed E-state index contributed by atoms with van der Waals surface area (Å²) in [6.45, 7) is 3.60. The summed E-state index contributed by atoms with van der Waals surface area (Å²) in [4.78, 5) is 22.3. The van der Waals surface area contributed by atoms with Crippen molar-refractivity contribution in [2.75, 3.05) is 0 Å². The number of halogens is 1. The lowest BCUT2D eigenvalue weighted by Crippen LogP contribution is -2.18. The number of carbonyl (C=O) groups is 1. The highest BCUT2D eigenvalue weighted by Gasteiger charge is 2.16. The minimum atomic E-state index is -0.666. The van der Waals surface area contributed by atoms with Crippen LogP contribution in [0.3, 0.4) is 0 Å². The monoisotopic (exact) mass is 370 g/mol. The third-order valence-electron chi connectivity index (χ3n) is 3.91. The molecule has 8 nitrogen and oxygen atoms in total. The molecule has 138 valence electrons. The summed E-state index contributed by atoms with van der Waals surface area (Å²) >= 11 is 0. The van der Waals surface area contributed by atoms with Gasteiger partial charge in [-0.3, -0.25) is 14.9 Å². The molecular weight excluding hydrogens is 355 g/mol. The van der Waals surface area contributed by atoms with Crippen molar-refractivity contribution in [3.8, 4) is 5.69 Å². The molecule has 2 aromatic heterocycles. The van der Waals surface area contributed by atoms with Gasteiger partial charge in [0.15, 0.2) is 5.76 Å². The van der Waals surface area contributed by atoms with Crippen molar-refractivity contribution in [3.05, 3.63) is 81.1 Å². The van der Waals surface area contributed by atoms with E-state index in [0.29, 0.717) is 11.3 Å². The Morgan fingerprint density at radius 2 is 1.96 bits per heavy atom. The van der Waals surface area contributed by atoms with Gasteiger partial charge in [0.1, 0.15) is 10.7 Å². The number of aryl methyl sites for hydroxylation is 1. The average molecular weight is 370 g/mol. The number of amides is 1. The van der Waals surface area contributed by atoms with Crippen molar-refractivity contribution in [1.29, 1.82) is 0 Å². The SMILES string of the molecule is Cc1cc(C(=O)NN=Cc2ccc([N+](=O)[O-])o2)c(C)n1-c1ccc(F)cc1. The summed E-state index contributed by atoms with van der Waals surface area (Å²) in [5.74, 6) is -1.06. The second-order valence-electron chi connectivity index (χ2n) is 5.73. The highest BCUT2D eigenvalue weighted by atomic mass is 19.1. The maximum Gasteiger partial charge on any atom is 0.433 e. The number of hydrogen-bond donors (Lipinski definition) is 1. The van der Waals surface area contributed by atoms with Crippen molar-refractivity contribution in [1.82, 2.24) is 9.99 Å². The normalized spacial score (nSPS) is 11.1. The van der Waals surface area contributed by atoms with E-state index in [2.05, 4.69) is 10.5 Å². The molecule has 0 unspecified atom stereocenters. The Balaban J connectivity index is 1.77. The molecule has 1 aromatic carbocycles. The highest BCUT2D eigenvalue weighted by Crippen LogP contribution is 2.21. The third-order valence-corrected chi connectivity index (χ3v) is 3.91. The van der Waals surface area contributed by atoms with E-state index in [1.54, 1.807) is 25.1 Å². The molecule has 1 amide bonds. The number of hydrogen-bond acceptors (Lipinski definition) is 5. The molecule has 0 saturated carbocycles. The van der Waals surface area contributed by atoms with Crippen molar-refractivity contribution in [3.63, 3.8) is 0 Å². The predicted octanol–water partition coefficient (Wildman–Crippen LogP) is 3.50. The lowest BCUT2D eigenvalue weighted by atomic mass is 10.2. The minimum Gasteiger partial charge on any atom is -0.400 e. The number of hydrazone groups is 1. The maximum absolute atomic E-state index is 13.1. The Hall–Kier alpha value is -3.75. The quantitative estimate of drug-likeness (QED) is 0.422. The fourth-order valence-corrected chi connectivity index (χ4v) is 2.70. The van der Waals surface area contributed by atoms with E-state index in [1.165, 1.54) is 30.5 Å². The van der Waals surface area contributed by atoms with Crippen molar-refractivity contribution in [2.45, 2.75) is 13.8 Å². The van der Waals surface area contributed by atoms with Crippen LogP contribution in [0.25, 0.3) is 5.69 Å². The summed E-state index contributed by atoms with van der Waals surface area (Å²) in [7, 11) is 0. The zero-order valence-electron chi connectivity index (χ0n) is 14.5. The van der Waals surface area contributed by atoms with Gasteiger partial charge in [-0.15, -0.1) is 0 Å². The van der Waals surface area contributed by atoms with Crippen LogP contribution < -0.4 is 5.43 Å². The molecule has 0 aliphatic heterocycles. The number of rotatable bonds is 5. The summed E-state index contributed by atoms with van der Waals surface area (Å²) in [5, 5.41) is 14.3. The first kappa shape index (κ1) is 18.1. The first-order valence-electron chi connectivity index (χ1n) is 7.89. The summed E-state index contributed by atoms with van der Waals surface area (Å²) < 4.78 is 19.9. The first-order valence-corrected chi connectivity index (χ1v) is 7.89. The van der Waals surface area contributed by atoms with E-state index in [-0.39, 0.29) is 11.6 Å². The van der Waals surface area contributed by atoms with Crippen molar-refractivity contribution >= 4 is 18.0 Å². The Kier molecular flexibility index (Phi) is 4.84. The summed E-state index contributed by atoms with van der Waals surface area (Å²) in [5.41, 5.74) is 4.96. The van der Waals surface area contributed by atoms with E-state index >= 15 is 0 Å². The zero-order chi connectivity index (χ0) is 19.6. The number of nitrogens with zero attached hydrogens (tertiary/aromatic N) is 3. The molecule has 1 N–H and O–H groups in total. The van der Waals surface area contributed by atoms with E-state index < -0.39 is 16.7 Å². The largest absolute Gasteiger partial charge is 0.433 e. The van der Waals surface area contributed by atoms with Crippen LogP contribution in [0.5, 0.6) is 0 Å². The van der Waals surface area contributed by atoms with Crippen molar-refractivity contribution < 1.29 is 18.5 Å². The third kappa shape index (κ3) is 3.76.